The Morgan fingerprint density at radius 1 is 1.45 bits per heavy atom. The Kier molecular flexibility index (Phi) is 6.24. The number of pyridine rings is 1. The second kappa shape index (κ2) is 8.17. The van der Waals surface area contributed by atoms with Crippen LogP contribution in [0.15, 0.2) is 18.3 Å². The molecule has 22 heavy (non-hydrogen) atoms. The van der Waals surface area contributed by atoms with Crippen molar-refractivity contribution in [2.24, 2.45) is 0 Å². The van der Waals surface area contributed by atoms with Crippen LogP contribution in [0.2, 0.25) is 0 Å². The molecule has 1 aromatic rings. The van der Waals surface area contributed by atoms with Crippen molar-refractivity contribution in [2.75, 3.05) is 18.2 Å². The molecule has 0 unspecified atom stereocenters. The number of hydrogen-bond donors (Lipinski definition) is 1. The fraction of sp³-hybridized carbons (Fsp3) is 0.562. The van der Waals surface area contributed by atoms with Gasteiger partial charge in [-0.3, -0.25) is 14.6 Å². The van der Waals surface area contributed by atoms with E-state index in [1.54, 1.807) is 22.9 Å². The topological polar surface area (TPSA) is 62.3 Å². The standard InChI is InChI=1S/C16H23N3O2S/c1-3-5-8-18-15(20)13-10-22-11-19(13)16(21)14-12(4-2)7-6-9-17-14/h6-7,9,13H,3-5,8,10-11H2,1-2H3,(H,18,20)/t13-/m1/s1. The van der Waals surface area contributed by atoms with Crippen LogP contribution in [0.3, 0.4) is 0 Å². The number of carbonyl (C=O) groups is 2. The number of thioether (sulfide) groups is 1. The average molecular weight is 321 g/mol. The molecule has 1 aromatic heterocycles. The molecule has 1 aliphatic heterocycles. The summed E-state index contributed by atoms with van der Waals surface area (Å²) in [5.41, 5.74) is 1.40. The highest BCUT2D eigenvalue weighted by molar-refractivity contribution is 7.99. The molecule has 6 heteroatoms. The van der Waals surface area contributed by atoms with E-state index in [0.29, 0.717) is 23.9 Å². The van der Waals surface area contributed by atoms with Crippen molar-refractivity contribution in [3.05, 3.63) is 29.6 Å². The van der Waals surface area contributed by atoms with E-state index in [1.165, 1.54) is 0 Å². The summed E-state index contributed by atoms with van der Waals surface area (Å²) < 4.78 is 0. The zero-order chi connectivity index (χ0) is 15.9. The van der Waals surface area contributed by atoms with Gasteiger partial charge < -0.3 is 10.2 Å². The summed E-state index contributed by atoms with van der Waals surface area (Å²) in [5, 5.41) is 2.92. The van der Waals surface area contributed by atoms with E-state index < -0.39 is 0 Å². The minimum Gasteiger partial charge on any atom is -0.354 e. The molecule has 5 nitrogen and oxygen atoms in total. The van der Waals surface area contributed by atoms with Gasteiger partial charge in [0.05, 0.1) is 5.88 Å². The van der Waals surface area contributed by atoms with E-state index in [1.807, 2.05) is 19.1 Å². The SMILES string of the molecule is CCCCNC(=O)[C@H]1CSCN1C(=O)c1ncccc1CC. The van der Waals surface area contributed by atoms with Crippen molar-refractivity contribution >= 4 is 23.6 Å². The first-order valence-corrected chi connectivity index (χ1v) is 8.94. The van der Waals surface area contributed by atoms with E-state index in [4.69, 9.17) is 0 Å². The van der Waals surface area contributed by atoms with E-state index in [9.17, 15) is 9.59 Å². The molecule has 0 bridgehead atoms. The Balaban J connectivity index is 2.09. The summed E-state index contributed by atoms with van der Waals surface area (Å²) in [6.45, 7) is 4.75. The van der Waals surface area contributed by atoms with Crippen molar-refractivity contribution in [2.45, 2.75) is 39.2 Å². The molecule has 1 atom stereocenters. The zero-order valence-corrected chi connectivity index (χ0v) is 14.0. The van der Waals surface area contributed by atoms with E-state index in [-0.39, 0.29) is 17.9 Å². The van der Waals surface area contributed by atoms with Crippen LogP contribution >= 0.6 is 11.8 Å². The molecular weight excluding hydrogens is 298 g/mol. The summed E-state index contributed by atoms with van der Waals surface area (Å²) in [7, 11) is 0. The first kappa shape index (κ1) is 16.8. The number of carbonyl (C=O) groups excluding carboxylic acids is 2. The number of amides is 2. The van der Waals surface area contributed by atoms with E-state index in [2.05, 4.69) is 17.2 Å². The molecule has 1 fully saturated rings. The van der Waals surface area contributed by atoms with Crippen LogP contribution in [-0.4, -0.2) is 45.9 Å². The predicted molar refractivity (Wildman–Crippen MR) is 88.8 cm³/mol. The lowest BCUT2D eigenvalue weighted by Crippen LogP contribution is -2.47. The third-order valence-electron chi connectivity index (χ3n) is 3.75. The number of aromatic nitrogens is 1. The van der Waals surface area contributed by atoms with Crippen LogP contribution in [-0.2, 0) is 11.2 Å². The minimum absolute atomic E-state index is 0.0548. The Hall–Kier alpha value is -1.56. The molecule has 2 rings (SSSR count). The summed E-state index contributed by atoms with van der Waals surface area (Å²) in [6.07, 6.45) is 4.38. The van der Waals surface area contributed by atoms with Gasteiger partial charge in [0.25, 0.3) is 5.91 Å². The number of nitrogens with zero attached hydrogens (tertiary/aromatic N) is 2. The molecular formula is C16H23N3O2S. The number of aryl methyl sites for hydroxylation is 1. The summed E-state index contributed by atoms with van der Waals surface area (Å²) in [5.74, 6) is 1.00. The zero-order valence-electron chi connectivity index (χ0n) is 13.2. The van der Waals surface area contributed by atoms with Crippen LogP contribution < -0.4 is 5.32 Å². The van der Waals surface area contributed by atoms with Gasteiger partial charge in [-0.2, -0.15) is 0 Å². The third kappa shape index (κ3) is 3.80. The third-order valence-corrected chi connectivity index (χ3v) is 4.76. The number of rotatable bonds is 6. The van der Waals surface area contributed by atoms with Gasteiger partial charge in [0.2, 0.25) is 5.91 Å². The Bertz CT molecular complexity index is 536. The smallest absolute Gasteiger partial charge is 0.274 e. The van der Waals surface area contributed by atoms with Gasteiger partial charge >= 0.3 is 0 Å². The van der Waals surface area contributed by atoms with Crippen LogP contribution in [0.5, 0.6) is 0 Å². The van der Waals surface area contributed by atoms with E-state index in [0.717, 1.165) is 24.8 Å². The number of nitrogens with one attached hydrogen (secondary N) is 1. The molecule has 2 amide bonds. The molecule has 0 radical (unpaired) electrons. The monoisotopic (exact) mass is 321 g/mol. The highest BCUT2D eigenvalue weighted by Crippen LogP contribution is 2.24. The quantitative estimate of drug-likeness (QED) is 0.815. The van der Waals surface area contributed by atoms with Crippen molar-refractivity contribution in [3.63, 3.8) is 0 Å². The molecule has 0 spiro atoms. The fourth-order valence-electron chi connectivity index (χ4n) is 2.42. The molecule has 0 aliphatic carbocycles. The molecule has 0 aromatic carbocycles. The lowest BCUT2D eigenvalue weighted by Gasteiger charge is -2.23. The maximum absolute atomic E-state index is 12.7. The fourth-order valence-corrected chi connectivity index (χ4v) is 3.57. The predicted octanol–water partition coefficient (Wildman–Crippen LogP) is 2.08. The lowest BCUT2D eigenvalue weighted by molar-refractivity contribution is -0.124. The average Bonchev–Trinajstić information content (AvgIpc) is 3.04. The van der Waals surface area contributed by atoms with Gasteiger partial charge in [-0.05, 0) is 24.5 Å². The van der Waals surface area contributed by atoms with Crippen molar-refractivity contribution in [1.29, 1.82) is 0 Å². The first-order valence-electron chi connectivity index (χ1n) is 7.79. The van der Waals surface area contributed by atoms with Crippen LogP contribution in [0.1, 0.15) is 42.7 Å². The summed E-state index contributed by atoms with van der Waals surface area (Å²) >= 11 is 1.61. The lowest BCUT2D eigenvalue weighted by atomic mass is 10.1. The highest BCUT2D eigenvalue weighted by Gasteiger charge is 2.35. The second-order valence-corrected chi connectivity index (χ2v) is 6.30. The molecule has 2 heterocycles. The Morgan fingerprint density at radius 2 is 2.27 bits per heavy atom. The number of hydrogen-bond acceptors (Lipinski definition) is 4. The molecule has 0 saturated carbocycles. The van der Waals surface area contributed by atoms with E-state index >= 15 is 0 Å². The normalized spacial score (nSPS) is 17.5. The van der Waals surface area contributed by atoms with Gasteiger partial charge in [-0.15, -0.1) is 11.8 Å². The maximum Gasteiger partial charge on any atom is 0.274 e. The molecule has 1 aliphatic rings. The summed E-state index contributed by atoms with van der Waals surface area (Å²) in [6, 6.07) is 3.37. The second-order valence-electron chi connectivity index (χ2n) is 5.30. The Morgan fingerprint density at radius 3 is 3.00 bits per heavy atom. The number of unbranched alkanes of at least 4 members (excludes halogenated alkanes) is 1. The molecule has 120 valence electrons. The largest absolute Gasteiger partial charge is 0.354 e. The van der Waals surface area contributed by atoms with Crippen molar-refractivity contribution < 1.29 is 9.59 Å². The van der Waals surface area contributed by atoms with Crippen LogP contribution in [0, 0.1) is 0 Å². The van der Waals surface area contributed by atoms with Crippen LogP contribution in [0.4, 0.5) is 0 Å². The Labute approximate surface area is 135 Å². The van der Waals surface area contributed by atoms with Gasteiger partial charge in [-0.1, -0.05) is 26.3 Å². The minimum atomic E-state index is -0.388. The van der Waals surface area contributed by atoms with Crippen LogP contribution in [0.25, 0.3) is 0 Å². The van der Waals surface area contributed by atoms with Crippen molar-refractivity contribution in [3.8, 4) is 0 Å². The highest BCUT2D eigenvalue weighted by atomic mass is 32.2. The van der Waals surface area contributed by atoms with Gasteiger partial charge in [0.15, 0.2) is 0 Å². The molecule has 1 N–H and O–H groups in total. The van der Waals surface area contributed by atoms with Gasteiger partial charge in [0.1, 0.15) is 11.7 Å². The van der Waals surface area contributed by atoms with Gasteiger partial charge in [-0.25, -0.2) is 0 Å². The van der Waals surface area contributed by atoms with Gasteiger partial charge in [0, 0.05) is 18.5 Å². The first-order chi connectivity index (χ1) is 10.7. The summed E-state index contributed by atoms with van der Waals surface area (Å²) in [4.78, 5) is 30.9. The molecule has 1 saturated heterocycles. The maximum atomic E-state index is 12.7. The van der Waals surface area contributed by atoms with Crippen molar-refractivity contribution in [1.82, 2.24) is 15.2 Å².